The van der Waals surface area contributed by atoms with Crippen LogP contribution in [0.3, 0.4) is 0 Å². The molecule has 6 atom stereocenters. The first-order valence-corrected chi connectivity index (χ1v) is 14.1. The first-order chi connectivity index (χ1) is 19.8. The topological polar surface area (TPSA) is 147 Å². The summed E-state index contributed by atoms with van der Waals surface area (Å²) in [7, 11) is 0. The van der Waals surface area contributed by atoms with Gasteiger partial charge in [-0.05, 0) is 25.0 Å². The Morgan fingerprint density at radius 3 is 2.31 bits per heavy atom. The van der Waals surface area contributed by atoms with Gasteiger partial charge in [0.25, 0.3) is 0 Å². The van der Waals surface area contributed by atoms with Crippen LogP contribution in [0.25, 0.3) is 11.3 Å². The van der Waals surface area contributed by atoms with Crippen LogP contribution in [0.4, 0.5) is 22.0 Å². The summed E-state index contributed by atoms with van der Waals surface area (Å²) in [6.45, 7) is -0.718. The number of hydrogen-bond acceptors (Lipinski definition) is 10. The Bertz CT molecular complexity index is 1410. The van der Waals surface area contributed by atoms with Gasteiger partial charge in [-0.1, -0.05) is 16.8 Å². The number of aliphatic hydroxyl groups is 4. The summed E-state index contributed by atoms with van der Waals surface area (Å²) in [6.07, 6.45) is -2.64. The van der Waals surface area contributed by atoms with Crippen LogP contribution in [-0.4, -0.2) is 87.3 Å². The van der Waals surface area contributed by atoms with E-state index >= 15 is 0 Å². The van der Waals surface area contributed by atoms with Crippen molar-refractivity contribution in [3.05, 3.63) is 59.0 Å². The van der Waals surface area contributed by atoms with Crippen molar-refractivity contribution in [1.29, 1.82) is 0 Å². The molecule has 228 valence electrons. The maximum absolute atomic E-state index is 14.0. The maximum Gasteiger partial charge on any atom is 0.248 e. The largest absolute Gasteiger partial charge is 0.394 e. The molecule has 0 bridgehead atoms. The van der Waals surface area contributed by atoms with E-state index in [1.807, 2.05) is 0 Å². The molecule has 1 aliphatic carbocycles. The van der Waals surface area contributed by atoms with Crippen molar-refractivity contribution in [1.82, 2.24) is 25.0 Å². The molecule has 0 spiro atoms. The Kier molecular flexibility index (Phi) is 8.78. The van der Waals surface area contributed by atoms with Crippen LogP contribution >= 0.6 is 23.4 Å². The zero-order valence-electron chi connectivity index (χ0n) is 21.5. The van der Waals surface area contributed by atoms with E-state index in [0.717, 1.165) is 22.6 Å². The average Bonchev–Trinajstić information content (AvgIpc) is 3.43. The lowest BCUT2D eigenvalue weighted by Crippen LogP contribution is -2.55. The van der Waals surface area contributed by atoms with Crippen molar-refractivity contribution in [2.24, 2.45) is 0 Å². The number of ether oxygens (including phenoxy) is 1. The third-order valence-electron chi connectivity index (χ3n) is 7.48. The Balaban J connectivity index is 1.47. The minimum Gasteiger partial charge on any atom is -0.394 e. The molecule has 3 heterocycles. The second kappa shape index (κ2) is 11.9. The number of hydrogen-bond donors (Lipinski definition) is 4. The zero-order valence-corrected chi connectivity index (χ0v) is 23.1. The van der Waals surface area contributed by atoms with E-state index in [-0.39, 0.29) is 34.9 Å². The highest BCUT2D eigenvalue weighted by molar-refractivity contribution is 8.00. The van der Waals surface area contributed by atoms with Crippen LogP contribution in [0.5, 0.6) is 0 Å². The van der Waals surface area contributed by atoms with Gasteiger partial charge in [0.2, 0.25) is 5.92 Å². The molecule has 1 saturated carbocycles. The van der Waals surface area contributed by atoms with Crippen LogP contribution in [0.2, 0.25) is 5.15 Å². The molecule has 1 aromatic carbocycles. The van der Waals surface area contributed by atoms with Gasteiger partial charge < -0.3 is 25.2 Å². The predicted octanol–water partition coefficient (Wildman–Crippen LogP) is 3.20. The van der Waals surface area contributed by atoms with Gasteiger partial charge in [-0.15, -0.1) is 16.9 Å². The summed E-state index contributed by atoms with van der Waals surface area (Å²) < 4.78 is 75.8. The van der Waals surface area contributed by atoms with Gasteiger partial charge in [0.1, 0.15) is 35.5 Å². The van der Waals surface area contributed by atoms with E-state index in [9.17, 15) is 42.4 Å². The average molecular weight is 638 g/mol. The second-order valence-corrected chi connectivity index (χ2v) is 11.8. The van der Waals surface area contributed by atoms with Gasteiger partial charge in [-0.25, -0.2) is 31.6 Å². The molecule has 42 heavy (non-hydrogen) atoms. The van der Waals surface area contributed by atoms with E-state index in [1.165, 1.54) is 12.4 Å². The normalized spacial score (nSPS) is 28.0. The van der Waals surface area contributed by atoms with Crippen LogP contribution in [0.15, 0.2) is 30.7 Å². The molecule has 1 saturated heterocycles. The summed E-state index contributed by atoms with van der Waals surface area (Å²) in [5.74, 6) is -7.58. The van der Waals surface area contributed by atoms with E-state index in [1.54, 1.807) is 0 Å². The highest BCUT2D eigenvalue weighted by Crippen LogP contribution is 2.53. The standard InChI is InChI=1S/C25H25ClF5N5O5S/c26-22-17(32-5-6-33-22)21(24(40)1-3-25(30,31)4-2-24)42-23-20(39)18(19(38)15(10-37)41-23)36-9-14(34-35-36)11-7-12(27)16(29)13(28)8-11/h5-9,15,18-21,23,37-40H,1-4,10H2/t15-,18+,19+,20-,21?,23+/m1/s1. The van der Waals surface area contributed by atoms with Crippen molar-refractivity contribution in [2.75, 3.05) is 6.61 Å². The first kappa shape index (κ1) is 31.0. The number of halogens is 6. The molecule has 2 aliphatic rings. The van der Waals surface area contributed by atoms with Crippen molar-refractivity contribution >= 4 is 23.4 Å². The Morgan fingerprint density at radius 1 is 1.05 bits per heavy atom. The van der Waals surface area contributed by atoms with E-state index in [4.69, 9.17) is 16.3 Å². The molecule has 5 rings (SSSR count). The smallest absolute Gasteiger partial charge is 0.248 e. The fraction of sp³-hybridized carbons (Fsp3) is 0.520. The third-order valence-corrected chi connectivity index (χ3v) is 9.36. The van der Waals surface area contributed by atoms with Crippen molar-refractivity contribution in [3.8, 4) is 11.3 Å². The zero-order chi connectivity index (χ0) is 30.4. The number of alkyl halides is 2. The van der Waals surface area contributed by atoms with Gasteiger partial charge in [0.05, 0.1) is 29.3 Å². The van der Waals surface area contributed by atoms with Gasteiger partial charge >= 0.3 is 0 Å². The third kappa shape index (κ3) is 5.98. The van der Waals surface area contributed by atoms with E-state index < -0.39 is 83.5 Å². The summed E-state index contributed by atoms with van der Waals surface area (Å²) in [5.41, 5.74) is -3.33. The molecule has 3 aromatic rings. The Morgan fingerprint density at radius 2 is 1.69 bits per heavy atom. The van der Waals surface area contributed by atoms with Crippen LogP contribution in [-0.2, 0) is 4.74 Å². The van der Waals surface area contributed by atoms with Crippen LogP contribution in [0, 0.1) is 17.5 Å². The number of nitrogens with zero attached hydrogens (tertiary/aromatic N) is 5. The molecule has 10 nitrogen and oxygen atoms in total. The van der Waals surface area contributed by atoms with Crippen molar-refractivity contribution in [3.63, 3.8) is 0 Å². The predicted molar refractivity (Wildman–Crippen MR) is 138 cm³/mol. The molecular formula is C25H25ClF5N5O5S. The first-order valence-electron chi connectivity index (χ1n) is 12.7. The lowest BCUT2D eigenvalue weighted by Gasteiger charge is -2.46. The maximum atomic E-state index is 14.0. The summed E-state index contributed by atoms with van der Waals surface area (Å²) in [5, 5.41) is 50.3. The molecule has 0 amide bonds. The number of benzene rings is 1. The van der Waals surface area contributed by atoms with Crippen LogP contribution in [0.1, 0.15) is 42.7 Å². The van der Waals surface area contributed by atoms with Gasteiger partial charge in [-0.2, -0.15) is 0 Å². The SMILES string of the molecule is OC[C@H]1O[C@@H](SC(c2nccnc2Cl)C2(O)CCC(F)(F)CC2)[C@H](O)[C@@H](n2cc(-c3cc(F)c(F)c(F)c3)nn2)[C@H]1O. The molecule has 17 heteroatoms. The molecular weight excluding hydrogens is 613 g/mol. The Labute approximate surface area is 244 Å². The van der Waals surface area contributed by atoms with E-state index in [0.29, 0.717) is 12.1 Å². The summed E-state index contributed by atoms with van der Waals surface area (Å²) in [6, 6.07) is 0.0401. The van der Waals surface area contributed by atoms with Gasteiger partial charge in [0, 0.05) is 30.8 Å². The molecule has 1 aliphatic heterocycles. The number of rotatable bonds is 7. The minimum absolute atomic E-state index is 0.0549. The minimum atomic E-state index is -2.98. The second-order valence-electron chi connectivity index (χ2n) is 10.2. The fourth-order valence-corrected chi connectivity index (χ4v) is 7.02. The van der Waals surface area contributed by atoms with E-state index in [2.05, 4.69) is 20.3 Å². The number of thioether (sulfide) groups is 1. The molecule has 2 fully saturated rings. The molecule has 0 radical (unpaired) electrons. The van der Waals surface area contributed by atoms with Crippen molar-refractivity contribution in [2.45, 2.75) is 72.2 Å². The summed E-state index contributed by atoms with van der Waals surface area (Å²) in [4.78, 5) is 8.17. The Hall–Kier alpha value is -2.47. The fourth-order valence-electron chi connectivity index (χ4n) is 5.15. The van der Waals surface area contributed by atoms with Gasteiger partial charge in [-0.3, -0.25) is 4.98 Å². The lowest BCUT2D eigenvalue weighted by molar-refractivity contribution is -0.179. The summed E-state index contributed by atoms with van der Waals surface area (Å²) >= 11 is 7.07. The molecule has 4 N–H and O–H groups in total. The monoisotopic (exact) mass is 637 g/mol. The molecule has 2 aromatic heterocycles. The van der Waals surface area contributed by atoms with Crippen LogP contribution < -0.4 is 0 Å². The highest BCUT2D eigenvalue weighted by Gasteiger charge is 2.52. The molecule has 1 unspecified atom stereocenters. The van der Waals surface area contributed by atoms with Gasteiger partial charge in [0.15, 0.2) is 22.6 Å². The number of aliphatic hydroxyl groups excluding tert-OH is 3. The van der Waals surface area contributed by atoms with Crippen molar-refractivity contribution < 1.29 is 47.1 Å². The number of aromatic nitrogens is 5. The lowest BCUT2D eigenvalue weighted by atomic mass is 9.79. The quantitative estimate of drug-likeness (QED) is 0.225. The highest BCUT2D eigenvalue weighted by atomic mass is 35.5.